The Labute approximate surface area is 94.8 Å². The minimum Gasteiger partial charge on any atom is -0.484 e. The van der Waals surface area contributed by atoms with Crippen LogP contribution in [0.4, 0.5) is 13.2 Å². The Balaban J connectivity index is 2.07. The molecule has 0 N–H and O–H groups in total. The van der Waals surface area contributed by atoms with Gasteiger partial charge in [-0.1, -0.05) is 6.07 Å². The largest absolute Gasteiger partial charge is 0.484 e. The predicted molar refractivity (Wildman–Crippen MR) is 52.3 cm³/mol. The van der Waals surface area contributed by atoms with Crippen molar-refractivity contribution in [2.24, 2.45) is 0 Å². The number of hydrogen-bond acceptors (Lipinski definition) is 3. The summed E-state index contributed by atoms with van der Waals surface area (Å²) in [7, 11) is 0. The molecule has 0 saturated carbocycles. The van der Waals surface area contributed by atoms with E-state index in [1.54, 1.807) is 0 Å². The number of alkyl halides is 3. The Hall–Kier alpha value is -1.98. The average Bonchev–Trinajstić information content (AvgIpc) is 2.78. The van der Waals surface area contributed by atoms with Crippen molar-refractivity contribution in [3.63, 3.8) is 0 Å². The zero-order valence-electron chi connectivity index (χ0n) is 8.57. The third-order valence-electron chi connectivity index (χ3n) is 2.01. The van der Waals surface area contributed by atoms with Crippen LogP contribution in [-0.4, -0.2) is 4.98 Å². The van der Waals surface area contributed by atoms with Crippen LogP contribution in [0.15, 0.2) is 41.1 Å². The first kappa shape index (κ1) is 11.5. The number of halogens is 3. The summed E-state index contributed by atoms with van der Waals surface area (Å²) < 4.78 is 47.2. The summed E-state index contributed by atoms with van der Waals surface area (Å²) in [6.07, 6.45) is -1.57. The van der Waals surface area contributed by atoms with Crippen LogP contribution in [0.3, 0.4) is 0 Å². The molecule has 2 rings (SSSR count). The highest BCUT2D eigenvalue weighted by Crippen LogP contribution is 2.31. The first-order chi connectivity index (χ1) is 8.05. The lowest BCUT2D eigenvalue weighted by Gasteiger charge is -2.08. The van der Waals surface area contributed by atoms with Gasteiger partial charge >= 0.3 is 6.18 Å². The lowest BCUT2D eigenvalue weighted by atomic mass is 10.2. The van der Waals surface area contributed by atoms with Gasteiger partial charge in [0.1, 0.15) is 12.0 Å². The van der Waals surface area contributed by atoms with Gasteiger partial charge in [-0.25, -0.2) is 4.98 Å². The van der Waals surface area contributed by atoms with Gasteiger partial charge < -0.3 is 9.15 Å². The molecular formula is C11H8F3NO2. The fourth-order valence-electron chi connectivity index (χ4n) is 1.23. The van der Waals surface area contributed by atoms with Crippen LogP contribution in [-0.2, 0) is 12.8 Å². The fraction of sp³-hybridized carbons (Fsp3) is 0.182. The molecule has 0 saturated heterocycles. The van der Waals surface area contributed by atoms with Crippen LogP contribution in [0, 0.1) is 0 Å². The fourth-order valence-corrected chi connectivity index (χ4v) is 1.23. The highest BCUT2D eigenvalue weighted by atomic mass is 19.4. The lowest BCUT2D eigenvalue weighted by Crippen LogP contribution is -2.05. The Morgan fingerprint density at radius 1 is 1.29 bits per heavy atom. The summed E-state index contributed by atoms with van der Waals surface area (Å²) in [5.41, 5.74) is -0.748. The minimum absolute atomic E-state index is 0.00564. The number of ether oxygens (including phenoxy) is 1. The molecule has 0 aliphatic rings. The molecule has 1 aromatic carbocycles. The van der Waals surface area contributed by atoms with Crippen LogP contribution in [0.2, 0.25) is 0 Å². The van der Waals surface area contributed by atoms with Gasteiger partial charge in [0.2, 0.25) is 5.89 Å². The van der Waals surface area contributed by atoms with Crippen molar-refractivity contribution in [1.29, 1.82) is 0 Å². The van der Waals surface area contributed by atoms with E-state index in [4.69, 9.17) is 9.15 Å². The van der Waals surface area contributed by atoms with Crippen LogP contribution in [0.5, 0.6) is 5.75 Å². The maximum Gasteiger partial charge on any atom is 0.416 e. The van der Waals surface area contributed by atoms with E-state index in [9.17, 15) is 13.2 Å². The number of benzene rings is 1. The highest BCUT2D eigenvalue weighted by Gasteiger charge is 2.30. The van der Waals surface area contributed by atoms with Crippen molar-refractivity contribution in [2.75, 3.05) is 0 Å². The number of rotatable bonds is 3. The van der Waals surface area contributed by atoms with E-state index >= 15 is 0 Å². The second-order valence-electron chi connectivity index (χ2n) is 3.24. The second-order valence-corrected chi connectivity index (χ2v) is 3.24. The number of hydrogen-bond donors (Lipinski definition) is 0. The normalized spacial score (nSPS) is 11.5. The van der Waals surface area contributed by atoms with Gasteiger partial charge in [-0.15, -0.1) is 0 Å². The summed E-state index contributed by atoms with van der Waals surface area (Å²) in [6.45, 7) is -0.00564. The van der Waals surface area contributed by atoms with Gasteiger partial charge in [-0.2, -0.15) is 13.2 Å². The van der Waals surface area contributed by atoms with Crippen LogP contribution in [0.1, 0.15) is 11.5 Å². The smallest absolute Gasteiger partial charge is 0.416 e. The third-order valence-corrected chi connectivity index (χ3v) is 2.01. The molecule has 0 aliphatic carbocycles. The quantitative estimate of drug-likeness (QED) is 0.829. The van der Waals surface area contributed by atoms with E-state index < -0.39 is 11.7 Å². The topological polar surface area (TPSA) is 35.3 Å². The Bertz CT molecular complexity index is 480. The first-order valence-electron chi connectivity index (χ1n) is 4.74. The van der Waals surface area contributed by atoms with Crippen molar-refractivity contribution in [1.82, 2.24) is 4.98 Å². The molecule has 0 spiro atoms. The summed E-state index contributed by atoms with van der Waals surface area (Å²) in [6, 6.07) is 4.65. The molecule has 2 aromatic rings. The van der Waals surface area contributed by atoms with E-state index in [-0.39, 0.29) is 12.4 Å². The molecule has 3 nitrogen and oxygen atoms in total. The van der Waals surface area contributed by atoms with Crippen molar-refractivity contribution < 1.29 is 22.3 Å². The summed E-state index contributed by atoms with van der Waals surface area (Å²) in [5, 5.41) is 0. The lowest BCUT2D eigenvalue weighted by molar-refractivity contribution is -0.137. The standard InChI is InChI=1S/C11H8F3NO2/c12-11(13,14)8-2-1-3-9(6-8)17-7-10-15-4-5-16-10/h1-6H,7H2. The van der Waals surface area contributed by atoms with Gasteiger partial charge in [0, 0.05) is 0 Å². The Morgan fingerprint density at radius 3 is 2.76 bits per heavy atom. The van der Waals surface area contributed by atoms with Gasteiger partial charge in [0.05, 0.1) is 11.8 Å². The second kappa shape index (κ2) is 4.48. The predicted octanol–water partition coefficient (Wildman–Crippen LogP) is 3.27. The Kier molecular flexibility index (Phi) is 3.03. The van der Waals surface area contributed by atoms with Crippen molar-refractivity contribution in [3.8, 4) is 5.75 Å². The first-order valence-corrected chi connectivity index (χ1v) is 4.74. The van der Waals surface area contributed by atoms with Crippen molar-refractivity contribution in [3.05, 3.63) is 48.2 Å². The summed E-state index contributed by atoms with van der Waals surface area (Å²) >= 11 is 0. The molecule has 0 bridgehead atoms. The van der Waals surface area contributed by atoms with Gasteiger partial charge in [-0.05, 0) is 18.2 Å². The van der Waals surface area contributed by atoms with E-state index in [2.05, 4.69) is 4.98 Å². The minimum atomic E-state index is -4.37. The molecule has 0 unspecified atom stereocenters. The molecule has 0 amide bonds. The molecule has 1 aromatic heterocycles. The maximum atomic E-state index is 12.4. The van der Waals surface area contributed by atoms with E-state index in [1.807, 2.05) is 0 Å². The van der Waals surface area contributed by atoms with Crippen LogP contribution < -0.4 is 4.74 Å². The summed E-state index contributed by atoms with van der Waals surface area (Å²) in [4.78, 5) is 3.79. The molecular weight excluding hydrogens is 235 g/mol. The maximum absolute atomic E-state index is 12.4. The monoisotopic (exact) mass is 243 g/mol. The Morgan fingerprint density at radius 2 is 2.12 bits per heavy atom. The van der Waals surface area contributed by atoms with E-state index in [0.717, 1.165) is 12.1 Å². The van der Waals surface area contributed by atoms with Crippen molar-refractivity contribution in [2.45, 2.75) is 12.8 Å². The number of nitrogens with zero attached hydrogens (tertiary/aromatic N) is 1. The van der Waals surface area contributed by atoms with Crippen LogP contribution >= 0.6 is 0 Å². The van der Waals surface area contributed by atoms with Crippen molar-refractivity contribution >= 4 is 0 Å². The summed E-state index contributed by atoms with van der Waals surface area (Å²) in [5.74, 6) is 0.431. The zero-order chi connectivity index (χ0) is 12.3. The van der Waals surface area contributed by atoms with E-state index in [1.165, 1.54) is 24.6 Å². The van der Waals surface area contributed by atoms with Crippen LogP contribution in [0.25, 0.3) is 0 Å². The molecule has 6 heteroatoms. The zero-order valence-corrected chi connectivity index (χ0v) is 8.57. The van der Waals surface area contributed by atoms with E-state index in [0.29, 0.717) is 5.89 Å². The molecule has 90 valence electrons. The molecule has 0 atom stereocenters. The molecule has 1 heterocycles. The van der Waals surface area contributed by atoms with Gasteiger partial charge in [0.15, 0.2) is 6.61 Å². The third kappa shape index (κ3) is 2.99. The number of oxazole rings is 1. The average molecular weight is 243 g/mol. The molecule has 0 radical (unpaired) electrons. The molecule has 17 heavy (non-hydrogen) atoms. The molecule has 0 aliphatic heterocycles. The van der Waals surface area contributed by atoms with Gasteiger partial charge in [-0.3, -0.25) is 0 Å². The van der Waals surface area contributed by atoms with Gasteiger partial charge in [0.25, 0.3) is 0 Å². The number of aromatic nitrogens is 1. The highest BCUT2D eigenvalue weighted by molar-refractivity contribution is 5.30. The molecule has 0 fully saturated rings. The SMILES string of the molecule is FC(F)(F)c1cccc(OCc2ncco2)c1.